The monoisotopic (exact) mass is 146 g/mol. The number of aliphatic imine (C=N–C) groups is 2. The Balaban J connectivity index is 2.48. The number of carbonyl (C=O) groups excluding carboxylic acids is 1. The van der Waals surface area contributed by atoms with Crippen LogP contribution >= 0.6 is 0 Å². The van der Waals surface area contributed by atoms with Crippen molar-refractivity contribution in [2.45, 2.75) is 0 Å². The van der Waals surface area contributed by atoms with Gasteiger partial charge < -0.3 is 0 Å². The molecule has 0 aromatic heterocycles. The summed E-state index contributed by atoms with van der Waals surface area (Å²) in [4.78, 5) is 18.7. The third kappa shape index (κ3) is 0.941. The molecule has 2 heterocycles. The molecule has 0 saturated heterocycles. The highest BCUT2D eigenvalue weighted by Gasteiger charge is 2.16. The zero-order chi connectivity index (χ0) is 7.68. The van der Waals surface area contributed by atoms with Crippen LogP contribution in [0.4, 0.5) is 0 Å². The van der Waals surface area contributed by atoms with E-state index in [2.05, 4.69) is 9.98 Å². The molecule has 0 radical (unpaired) electrons. The Bertz CT molecular complexity index is 321. The smallest absolute Gasteiger partial charge is 0.277 e. The lowest BCUT2D eigenvalue weighted by atomic mass is 10.0. The number of hydrogen-bond acceptors (Lipinski definition) is 2. The molecule has 3 nitrogen and oxygen atoms in total. The lowest BCUT2D eigenvalue weighted by molar-refractivity contribution is -0.114. The molecule has 54 valence electrons. The number of rotatable bonds is 0. The third-order valence-corrected chi connectivity index (χ3v) is 1.65. The van der Waals surface area contributed by atoms with Crippen LogP contribution in [0.3, 0.4) is 0 Å². The summed E-state index contributed by atoms with van der Waals surface area (Å²) in [7, 11) is 0. The van der Waals surface area contributed by atoms with E-state index >= 15 is 0 Å². The van der Waals surface area contributed by atoms with Crippen molar-refractivity contribution in [2.24, 2.45) is 9.98 Å². The van der Waals surface area contributed by atoms with Gasteiger partial charge in [-0.05, 0) is 17.7 Å². The van der Waals surface area contributed by atoms with Gasteiger partial charge in [-0.25, -0.2) is 4.99 Å². The summed E-state index contributed by atoms with van der Waals surface area (Å²) in [5.74, 6) is -0.159. The van der Waals surface area contributed by atoms with Gasteiger partial charge in [-0.3, -0.25) is 9.79 Å². The molecule has 2 aliphatic rings. The first-order valence-electron chi connectivity index (χ1n) is 3.36. The van der Waals surface area contributed by atoms with Crippen LogP contribution in [0.2, 0.25) is 0 Å². The molecule has 3 heteroatoms. The summed E-state index contributed by atoms with van der Waals surface area (Å²) in [5, 5.41) is 0. The molecule has 1 amide bonds. The summed E-state index contributed by atoms with van der Waals surface area (Å²) in [6.07, 6.45) is 6.69. The fourth-order valence-corrected chi connectivity index (χ4v) is 1.09. The molecule has 0 atom stereocenters. The molecule has 2 rings (SSSR count). The van der Waals surface area contributed by atoms with E-state index in [1.54, 1.807) is 12.3 Å². The van der Waals surface area contributed by atoms with Gasteiger partial charge >= 0.3 is 0 Å². The second-order valence-electron chi connectivity index (χ2n) is 2.35. The van der Waals surface area contributed by atoms with Gasteiger partial charge in [0.2, 0.25) is 0 Å². The van der Waals surface area contributed by atoms with Gasteiger partial charge in [0.1, 0.15) is 0 Å². The van der Waals surface area contributed by atoms with Crippen LogP contribution in [0, 0.1) is 0 Å². The van der Waals surface area contributed by atoms with Crippen LogP contribution in [0.25, 0.3) is 0 Å². The van der Waals surface area contributed by atoms with E-state index in [1.807, 2.05) is 6.08 Å². The minimum Gasteiger partial charge on any atom is -0.288 e. The second-order valence-corrected chi connectivity index (χ2v) is 2.35. The van der Waals surface area contributed by atoms with Crippen molar-refractivity contribution in [1.82, 2.24) is 0 Å². The minimum absolute atomic E-state index is 0.159. The van der Waals surface area contributed by atoms with Crippen LogP contribution in [0.1, 0.15) is 0 Å². The predicted octanol–water partition coefficient (Wildman–Crippen LogP) is 0.535. The molecule has 0 aliphatic carbocycles. The van der Waals surface area contributed by atoms with Crippen molar-refractivity contribution >= 4 is 18.3 Å². The first-order valence-corrected chi connectivity index (χ1v) is 3.36. The highest BCUT2D eigenvalue weighted by Crippen LogP contribution is 2.16. The largest absolute Gasteiger partial charge is 0.288 e. The zero-order valence-corrected chi connectivity index (χ0v) is 5.82. The van der Waals surface area contributed by atoms with Gasteiger partial charge in [-0.1, -0.05) is 0 Å². The fourth-order valence-electron chi connectivity index (χ4n) is 1.09. The summed E-state index contributed by atoms with van der Waals surface area (Å²) >= 11 is 0. The topological polar surface area (TPSA) is 41.8 Å². The molecule has 0 spiro atoms. The Labute approximate surface area is 63.9 Å². The van der Waals surface area contributed by atoms with Crippen molar-refractivity contribution in [3.8, 4) is 0 Å². The van der Waals surface area contributed by atoms with Crippen LogP contribution in [0.15, 0.2) is 33.3 Å². The quantitative estimate of drug-likeness (QED) is 0.491. The van der Waals surface area contributed by atoms with Gasteiger partial charge in [-0.2, -0.15) is 0 Å². The number of nitrogens with zero attached hydrogens (tertiary/aromatic N) is 2. The second kappa shape index (κ2) is 2.27. The van der Waals surface area contributed by atoms with E-state index in [1.165, 1.54) is 6.21 Å². The molecule has 0 unspecified atom stereocenters. The lowest BCUT2D eigenvalue weighted by Crippen LogP contribution is -2.12. The number of fused-ring (bicyclic) bond motifs is 1. The maximum Gasteiger partial charge on any atom is 0.277 e. The van der Waals surface area contributed by atoms with Crippen LogP contribution < -0.4 is 0 Å². The first kappa shape index (κ1) is 6.22. The zero-order valence-electron chi connectivity index (χ0n) is 5.82. The highest BCUT2D eigenvalue weighted by atomic mass is 16.1. The summed E-state index contributed by atoms with van der Waals surface area (Å²) in [6, 6.07) is 0. The fraction of sp³-hybridized carbons (Fsp3) is 0.125. The first-order chi connectivity index (χ1) is 5.38. The summed E-state index contributed by atoms with van der Waals surface area (Å²) in [6.45, 7) is 0.601. The molecule has 0 N–H and O–H groups in total. The van der Waals surface area contributed by atoms with E-state index in [0.29, 0.717) is 12.1 Å². The average molecular weight is 146 g/mol. The van der Waals surface area contributed by atoms with Crippen molar-refractivity contribution in [3.63, 3.8) is 0 Å². The molecule has 0 saturated carbocycles. The number of hydrogen-bond donors (Lipinski definition) is 0. The molecule has 0 aromatic rings. The van der Waals surface area contributed by atoms with Gasteiger partial charge in [-0.15, -0.1) is 0 Å². The molecule has 0 bridgehead atoms. The normalized spacial score (nSPS) is 20.9. The van der Waals surface area contributed by atoms with Gasteiger partial charge in [0.25, 0.3) is 5.91 Å². The van der Waals surface area contributed by atoms with E-state index < -0.39 is 0 Å². The van der Waals surface area contributed by atoms with Gasteiger partial charge in [0.15, 0.2) is 0 Å². The molecular weight excluding hydrogens is 140 g/mol. The van der Waals surface area contributed by atoms with Crippen LogP contribution in [-0.4, -0.2) is 24.9 Å². The summed E-state index contributed by atoms with van der Waals surface area (Å²) < 4.78 is 0. The third-order valence-electron chi connectivity index (χ3n) is 1.65. The van der Waals surface area contributed by atoms with Crippen LogP contribution in [-0.2, 0) is 4.79 Å². The molecule has 2 aliphatic heterocycles. The standard InChI is InChI=1S/C8H6N2O/c11-8-7-2-3-9-5-6(7)1-4-10-8/h1-4H,5H2. The predicted molar refractivity (Wildman–Crippen MR) is 43.0 cm³/mol. The Kier molecular flexibility index (Phi) is 1.28. The van der Waals surface area contributed by atoms with Gasteiger partial charge in [0.05, 0.1) is 6.54 Å². The summed E-state index contributed by atoms with van der Waals surface area (Å²) in [5.41, 5.74) is 1.65. The molecule has 0 fully saturated rings. The SMILES string of the molecule is O=C1N=CC=C2CN=CC=C12. The molecule has 0 aromatic carbocycles. The van der Waals surface area contributed by atoms with Crippen molar-refractivity contribution in [3.05, 3.63) is 23.3 Å². The van der Waals surface area contributed by atoms with Crippen molar-refractivity contribution < 1.29 is 4.79 Å². The lowest BCUT2D eigenvalue weighted by Gasteiger charge is -2.11. The Morgan fingerprint density at radius 1 is 1.27 bits per heavy atom. The maximum atomic E-state index is 11.1. The van der Waals surface area contributed by atoms with E-state index in [4.69, 9.17) is 0 Å². The van der Waals surface area contributed by atoms with E-state index in [-0.39, 0.29) is 5.91 Å². The van der Waals surface area contributed by atoms with Gasteiger partial charge in [0, 0.05) is 18.0 Å². The molecular formula is C8H6N2O. The van der Waals surface area contributed by atoms with Crippen molar-refractivity contribution in [1.29, 1.82) is 0 Å². The average Bonchev–Trinajstić information content (AvgIpc) is 2.06. The Morgan fingerprint density at radius 3 is 3.00 bits per heavy atom. The van der Waals surface area contributed by atoms with Crippen molar-refractivity contribution in [2.75, 3.05) is 6.54 Å². The van der Waals surface area contributed by atoms with E-state index in [9.17, 15) is 4.79 Å². The van der Waals surface area contributed by atoms with Crippen LogP contribution in [0.5, 0.6) is 0 Å². The minimum atomic E-state index is -0.159. The number of amides is 1. The molecule has 11 heavy (non-hydrogen) atoms. The highest BCUT2D eigenvalue weighted by molar-refractivity contribution is 6.09. The Hall–Kier alpha value is -1.51. The number of carbonyl (C=O) groups is 1. The van der Waals surface area contributed by atoms with E-state index in [0.717, 1.165) is 5.57 Å². The Morgan fingerprint density at radius 2 is 2.18 bits per heavy atom. The maximum absolute atomic E-state index is 11.1. The number of dihydropyridines is 2. The number of allylic oxidation sites excluding steroid dienone is 2.